The van der Waals surface area contributed by atoms with E-state index in [0.29, 0.717) is 12.8 Å². The number of aliphatic hydroxyl groups excluding tert-OH is 2. The van der Waals surface area contributed by atoms with Crippen LogP contribution in [0.3, 0.4) is 0 Å². The van der Waals surface area contributed by atoms with E-state index in [4.69, 9.17) is 17.3 Å². The van der Waals surface area contributed by atoms with Gasteiger partial charge in [-0.3, -0.25) is 0 Å². The van der Waals surface area contributed by atoms with Crippen molar-refractivity contribution in [3.8, 4) is 0 Å². The monoisotopic (exact) mass is 397 g/mol. The number of benzene rings is 1. The molecule has 0 spiro atoms. The van der Waals surface area contributed by atoms with Gasteiger partial charge in [-0.05, 0) is 36.8 Å². The predicted molar refractivity (Wildman–Crippen MR) is 116 cm³/mol. The molecule has 0 aliphatic rings. The Bertz CT molecular complexity index is 478. The quantitative estimate of drug-likeness (QED) is 0.261. The first-order valence-electron chi connectivity index (χ1n) is 10.8. The van der Waals surface area contributed by atoms with Gasteiger partial charge in [-0.1, -0.05) is 101 Å². The Kier molecular flexibility index (Phi) is 13.0. The number of unbranched alkanes of at least 4 members (excludes halogenated alkanes) is 9. The van der Waals surface area contributed by atoms with Crippen LogP contribution in [-0.4, -0.2) is 27.9 Å². The molecule has 2 atom stereocenters. The summed E-state index contributed by atoms with van der Waals surface area (Å²) in [4.78, 5) is 0. The molecule has 1 aromatic rings. The molecule has 3 nitrogen and oxygen atoms in total. The van der Waals surface area contributed by atoms with E-state index in [9.17, 15) is 10.2 Å². The summed E-state index contributed by atoms with van der Waals surface area (Å²) in [5, 5.41) is 18.8. The fourth-order valence-electron chi connectivity index (χ4n) is 3.34. The molecular formula is C23H40ClNO2. The molecule has 0 saturated carbocycles. The van der Waals surface area contributed by atoms with Crippen LogP contribution >= 0.6 is 11.6 Å². The molecule has 0 aliphatic heterocycles. The number of aryl methyl sites for hydroxylation is 2. The molecule has 4 heteroatoms. The van der Waals surface area contributed by atoms with Crippen LogP contribution in [0.2, 0.25) is 0 Å². The number of rotatable bonds is 16. The molecule has 4 N–H and O–H groups in total. The van der Waals surface area contributed by atoms with Gasteiger partial charge in [0, 0.05) is 0 Å². The molecule has 156 valence electrons. The van der Waals surface area contributed by atoms with E-state index >= 15 is 0 Å². The second kappa shape index (κ2) is 14.4. The SMILES string of the molecule is CCCCCCCCCCCCc1ccc(CCC(N)(CO)C(O)Cl)cc1. The number of halogens is 1. The van der Waals surface area contributed by atoms with Gasteiger partial charge in [-0.25, -0.2) is 0 Å². The molecule has 2 unspecified atom stereocenters. The van der Waals surface area contributed by atoms with E-state index in [1.165, 1.54) is 69.8 Å². The van der Waals surface area contributed by atoms with Gasteiger partial charge in [-0.15, -0.1) is 0 Å². The highest BCUT2D eigenvalue weighted by molar-refractivity contribution is 6.20. The van der Waals surface area contributed by atoms with Gasteiger partial charge in [0.25, 0.3) is 0 Å². The average molecular weight is 398 g/mol. The maximum absolute atomic E-state index is 9.50. The van der Waals surface area contributed by atoms with Crippen LogP contribution in [0.5, 0.6) is 0 Å². The zero-order valence-electron chi connectivity index (χ0n) is 17.1. The Morgan fingerprint density at radius 1 is 0.852 bits per heavy atom. The normalized spacial score (nSPS) is 14.9. The molecule has 0 aromatic heterocycles. The minimum absolute atomic E-state index is 0.325. The lowest BCUT2D eigenvalue weighted by Crippen LogP contribution is -2.52. The van der Waals surface area contributed by atoms with Crippen molar-refractivity contribution in [2.24, 2.45) is 5.73 Å². The molecule has 0 heterocycles. The summed E-state index contributed by atoms with van der Waals surface area (Å²) in [5.74, 6) is 0. The largest absolute Gasteiger partial charge is 0.394 e. The fourth-order valence-corrected chi connectivity index (χ4v) is 3.52. The zero-order chi connectivity index (χ0) is 20.0. The number of aliphatic hydroxyl groups is 2. The second-order valence-corrected chi connectivity index (χ2v) is 8.39. The van der Waals surface area contributed by atoms with E-state index < -0.39 is 11.1 Å². The van der Waals surface area contributed by atoms with E-state index in [1.807, 2.05) is 0 Å². The van der Waals surface area contributed by atoms with Gasteiger partial charge in [0.2, 0.25) is 0 Å². The molecule has 0 aliphatic carbocycles. The van der Waals surface area contributed by atoms with Crippen LogP contribution in [-0.2, 0) is 12.8 Å². The van der Waals surface area contributed by atoms with E-state index in [1.54, 1.807) is 0 Å². The number of hydrogen-bond acceptors (Lipinski definition) is 3. The molecule has 0 saturated heterocycles. The summed E-state index contributed by atoms with van der Waals surface area (Å²) < 4.78 is 0. The van der Waals surface area contributed by atoms with Gasteiger partial charge < -0.3 is 15.9 Å². The minimum Gasteiger partial charge on any atom is -0.394 e. The molecular weight excluding hydrogens is 358 g/mol. The topological polar surface area (TPSA) is 66.5 Å². The summed E-state index contributed by atoms with van der Waals surface area (Å²) in [7, 11) is 0. The van der Waals surface area contributed by atoms with Crippen molar-refractivity contribution in [1.29, 1.82) is 0 Å². The van der Waals surface area contributed by atoms with Gasteiger partial charge >= 0.3 is 0 Å². The molecule has 1 aromatic carbocycles. The Morgan fingerprint density at radius 3 is 1.74 bits per heavy atom. The van der Waals surface area contributed by atoms with E-state index in [0.717, 1.165) is 12.0 Å². The highest BCUT2D eigenvalue weighted by Gasteiger charge is 2.31. The zero-order valence-corrected chi connectivity index (χ0v) is 17.9. The maximum Gasteiger partial charge on any atom is 0.148 e. The summed E-state index contributed by atoms with van der Waals surface area (Å²) >= 11 is 5.68. The lowest BCUT2D eigenvalue weighted by Gasteiger charge is -2.28. The van der Waals surface area contributed by atoms with Gasteiger partial charge in [0.15, 0.2) is 0 Å². The Balaban J connectivity index is 2.14. The molecule has 1 rings (SSSR count). The lowest BCUT2D eigenvalue weighted by molar-refractivity contribution is 0.0887. The smallest absolute Gasteiger partial charge is 0.148 e. The third kappa shape index (κ3) is 10.5. The van der Waals surface area contributed by atoms with E-state index in [2.05, 4.69) is 31.2 Å². The fraction of sp³-hybridized carbons (Fsp3) is 0.739. The van der Waals surface area contributed by atoms with Crippen LogP contribution < -0.4 is 5.73 Å². The first-order valence-corrected chi connectivity index (χ1v) is 11.2. The maximum atomic E-state index is 9.50. The minimum atomic E-state index is -1.24. The van der Waals surface area contributed by atoms with Crippen molar-refractivity contribution in [2.45, 2.75) is 101 Å². The first kappa shape index (κ1) is 24.4. The molecule has 27 heavy (non-hydrogen) atoms. The summed E-state index contributed by atoms with van der Waals surface area (Å²) in [6.07, 6.45) is 15.9. The lowest BCUT2D eigenvalue weighted by atomic mass is 9.93. The Labute approximate surface area is 171 Å². The average Bonchev–Trinajstić information content (AvgIpc) is 2.68. The number of alkyl halides is 1. The third-order valence-electron chi connectivity index (χ3n) is 5.49. The molecule has 0 radical (unpaired) electrons. The molecule has 0 bridgehead atoms. The summed E-state index contributed by atoms with van der Waals surface area (Å²) in [6.45, 7) is 1.94. The summed E-state index contributed by atoms with van der Waals surface area (Å²) in [5.41, 5.74) is 6.08. The van der Waals surface area contributed by atoms with Crippen molar-refractivity contribution in [3.63, 3.8) is 0 Å². The Morgan fingerprint density at radius 2 is 1.30 bits per heavy atom. The van der Waals surface area contributed by atoms with Crippen molar-refractivity contribution in [2.75, 3.05) is 6.61 Å². The second-order valence-electron chi connectivity index (χ2n) is 7.98. The van der Waals surface area contributed by atoms with Gasteiger partial charge in [-0.2, -0.15) is 0 Å². The number of nitrogens with two attached hydrogens (primary N) is 1. The van der Waals surface area contributed by atoms with Crippen LogP contribution in [0.25, 0.3) is 0 Å². The highest BCUT2D eigenvalue weighted by atomic mass is 35.5. The highest BCUT2D eigenvalue weighted by Crippen LogP contribution is 2.19. The summed E-state index contributed by atoms with van der Waals surface area (Å²) in [6, 6.07) is 8.59. The molecule has 0 fully saturated rings. The van der Waals surface area contributed by atoms with Crippen molar-refractivity contribution in [1.82, 2.24) is 0 Å². The van der Waals surface area contributed by atoms with Crippen LogP contribution in [0.15, 0.2) is 24.3 Å². The van der Waals surface area contributed by atoms with Crippen LogP contribution in [0, 0.1) is 0 Å². The standard InChI is InChI=1S/C23H40ClNO2/c1-2-3-4-5-6-7-8-9-10-11-12-20-13-15-21(16-14-20)17-18-23(25,19-26)22(24)27/h13-16,22,26-27H,2-12,17-19,25H2,1H3. The Hall–Kier alpha value is -0.610. The predicted octanol–water partition coefficient (Wildman–Crippen LogP) is 5.33. The molecule has 0 amide bonds. The first-order chi connectivity index (χ1) is 13.0. The van der Waals surface area contributed by atoms with Crippen LogP contribution in [0.4, 0.5) is 0 Å². The van der Waals surface area contributed by atoms with Crippen molar-refractivity contribution in [3.05, 3.63) is 35.4 Å². The number of hydrogen-bond donors (Lipinski definition) is 3. The third-order valence-corrected chi connectivity index (χ3v) is 5.92. The van der Waals surface area contributed by atoms with Crippen molar-refractivity contribution >= 4 is 11.6 Å². The van der Waals surface area contributed by atoms with Gasteiger partial charge in [0.05, 0.1) is 12.1 Å². The van der Waals surface area contributed by atoms with Crippen LogP contribution in [0.1, 0.15) is 88.7 Å². The van der Waals surface area contributed by atoms with E-state index in [-0.39, 0.29) is 6.61 Å². The van der Waals surface area contributed by atoms with Gasteiger partial charge in [0.1, 0.15) is 5.56 Å². The van der Waals surface area contributed by atoms with Crippen molar-refractivity contribution < 1.29 is 10.2 Å².